The number of fused-ring (bicyclic) bond motifs is 2. The van der Waals surface area contributed by atoms with E-state index in [9.17, 15) is 4.79 Å². The molecule has 2 unspecified atom stereocenters. The van der Waals surface area contributed by atoms with Crippen LogP contribution >= 0.6 is 0 Å². The number of carbonyl (C=O) groups excluding carboxylic acids is 1. The summed E-state index contributed by atoms with van der Waals surface area (Å²) in [5.41, 5.74) is 0. The fraction of sp³-hybridized carbons (Fsp3) is 0.667. The molecular formula is C9H12O. The fourth-order valence-electron chi connectivity index (χ4n) is 2.13. The molecule has 54 valence electrons. The zero-order chi connectivity index (χ0) is 6.97. The second-order valence-electron chi connectivity index (χ2n) is 3.42. The van der Waals surface area contributed by atoms with Crippen LogP contribution < -0.4 is 0 Å². The minimum Gasteiger partial charge on any atom is -0.303 e. The quantitative estimate of drug-likeness (QED) is 0.396. The monoisotopic (exact) mass is 136 g/mol. The molecule has 0 amide bonds. The van der Waals surface area contributed by atoms with Crippen LogP contribution in [0.3, 0.4) is 0 Å². The molecule has 1 saturated carbocycles. The van der Waals surface area contributed by atoms with Gasteiger partial charge < -0.3 is 4.79 Å². The van der Waals surface area contributed by atoms with E-state index in [2.05, 4.69) is 12.2 Å². The summed E-state index contributed by atoms with van der Waals surface area (Å²) in [7, 11) is 0. The van der Waals surface area contributed by atoms with Crippen LogP contribution in [0.2, 0.25) is 0 Å². The van der Waals surface area contributed by atoms with Gasteiger partial charge in [-0.2, -0.15) is 0 Å². The van der Waals surface area contributed by atoms with Gasteiger partial charge in [-0.15, -0.1) is 0 Å². The minimum atomic E-state index is 0.351. The van der Waals surface area contributed by atoms with Gasteiger partial charge in [-0.3, -0.25) is 0 Å². The van der Waals surface area contributed by atoms with Crippen LogP contribution in [0.5, 0.6) is 0 Å². The van der Waals surface area contributed by atoms with Gasteiger partial charge in [0, 0.05) is 5.92 Å². The van der Waals surface area contributed by atoms with E-state index in [4.69, 9.17) is 0 Å². The highest BCUT2D eigenvalue weighted by molar-refractivity contribution is 5.55. The molecule has 0 spiro atoms. The molecule has 0 aromatic rings. The molecule has 0 aromatic heterocycles. The van der Waals surface area contributed by atoms with E-state index in [1.165, 1.54) is 12.8 Å². The molecule has 0 aliphatic heterocycles. The highest BCUT2D eigenvalue weighted by Gasteiger charge is 2.30. The average Bonchev–Trinajstić information content (AvgIpc) is 2.06. The highest BCUT2D eigenvalue weighted by Crippen LogP contribution is 2.38. The number of allylic oxidation sites excluding steroid dienone is 2. The van der Waals surface area contributed by atoms with Crippen LogP contribution in [0.1, 0.15) is 19.3 Å². The van der Waals surface area contributed by atoms with Crippen molar-refractivity contribution in [1.29, 1.82) is 0 Å². The maximum absolute atomic E-state index is 10.5. The second kappa shape index (κ2) is 2.22. The normalized spacial score (nSPS) is 43.8. The molecule has 0 heterocycles. The van der Waals surface area contributed by atoms with Crippen molar-refractivity contribution in [3.8, 4) is 0 Å². The molecule has 0 saturated heterocycles. The Kier molecular flexibility index (Phi) is 1.37. The maximum atomic E-state index is 10.5. The zero-order valence-electron chi connectivity index (χ0n) is 5.99. The molecule has 10 heavy (non-hydrogen) atoms. The third-order valence-electron chi connectivity index (χ3n) is 2.80. The molecule has 0 radical (unpaired) electrons. The topological polar surface area (TPSA) is 17.1 Å². The summed E-state index contributed by atoms with van der Waals surface area (Å²) in [6.45, 7) is 0. The molecular weight excluding hydrogens is 124 g/mol. The van der Waals surface area contributed by atoms with Gasteiger partial charge in [0.1, 0.15) is 6.29 Å². The van der Waals surface area contributed by atoms with Crippen LogP contribution in [0.15, 0.2) is 12.2 Å². The van der Waals surface area contributed by atoms with Gasteiger partial charge in [0.25, 0.3) is 0 Å². The number of carbonyl (C=O) groups is 1. The smallest absolute Gasteiger partial charge is 0.123 e. The third-order valence-corrected chi connectivity index (χ3v) is 2.80. The Morgan fingerprint density at radius 2 is 2.20 bits per heavy atom. The van der Waals surface area contributed by atoms with Crippen molar-refractivity contribution in [2.24, 2.45) is 17.8 Å². The summed E-state index contributed by atoms with van der Waals surface area (Å²) in [4.78, 5) is 10.5. The van der Waals surface area contributed by atoms with E-state index in [1.54, 1.807) is 0 Å². The van der Waals surface area contributed by atoms with Crippen molar-refractivity contribution in [2.45, 2.75) is 19.3 Å². The summed E-state index contributed by atoms with van der Waals surface area (Å²) in [5.74, 6) is 1.66. The number of hydrogen-bond donors (Lipinski definition) is 0. The largest absolute Gasteiger partial charge is 0.303 e. The SMILES string of the molecule is O=C[C@H]1CC2C=CC1CC2. The van der Waals surface area contributed by atoms with E-state index in [0.717, 1.165) is 18.6 Å². The Hall–Kier alpha value is -0.590. The lowest BCUT2D eigenvalue weighted by Crippen LogP contribution is -2.27. The van der Waals surface area contributed by atoms with Crippen molar-refractivity contribution in [2.75, 3.05) is 0 Å². The van der Waals surface area contributed by atoms with Crippen molar-refractivity contribution in [1.82, 2.24) is 0 Å². The predicted molar refractivity (Wildman–Crippen MR) is 39.5 cm³/mol. The summed E-state index contributed by atoms with van der Waals surface area (Å²) >= 11 is 0. The van der Waals surface area contributed by atoms with Crippen LogP contribution in [-0.4, -0.2) is 6.29 Å². The van der Waals surface area contributed by atoms with E-state index in [-0.39, 0.29) is 0 Å². The summed E-state index contributed by atoms with van der Waals surface area (Å²) in [5, 5.41) is 0. The predicted octanol–water partition coefficient (Wildman–Crippen LogP) is 1.79. The molecule has 3 rings (SSSR count). The summed E-state index contributed by atoms with van der Waals surface area (Å²) < 4.78 is 0. The van der Waals surface area contributed by atoms with E-state index in [0.29, 0.717) is 11.8 Å². The number of rotatable bonds is 1. The van der Waals surface area contributed by atoms with Crippen LogP contribution in [-0.2, 0) is 4.79 Å². The van der Waals surface area contributed by atoms with Crippen LogP contribution in [0, 0.1) is 17.8 Å². The Labute approximate surface area is 61.1 Å². The van der Waals surface area contributed by atoms with E-state index in [1.807, 2.05) is 0 Å². The Morgan fingerprint density at radius 3 is 2.50 bits per heavy atom. The molecule has 0 N–H and O–H groups in total. The molecule has 1 heteroatoms. The van der Waals surface area contributed by atoms with Crippen LogP contribution in [0.25, 0.3) is 0 Å². The molecule has 3 aliphatic carbocycles. The molecule has 3 atom stereocenters. The molecule has 3 aliphatic rings. The van der Waals surface area contributed by atoms with Gasteiger partial charge in [0.05, 0.1) is 0 Å². The highest BCUT2D eigenvalue weighted by atomic mass is 16.1. The first-order chi connectivity index (χ1) is 4.90. The van der Waals surface area contributed by atoms with Gasteiger partial charge in [-0.05, 0) is 31.1 Å². The molecule has 1 nitrogen and oxygen atoms in total. The number of aldehydes is 1. The lowest BCUT2D eigenvalue weighted by molar-refractivity contribution is -0.113. The van der Waals surface area contributed by atoms with E-state index >= 15 is 0 Å². The van der Waals surface area contributed by atoms with Crippen molar-refractivity contribution in [3.63, 3.8) is 0 Å². The maximum Gasteiger partial charge on any atom is 0.123 e. The lowest BCUT2D eigenvalue weighted by Gasteiger charge is -2.34. The van der Waals surface area contributed by atoms with Gasteiger partial charge in [0.15, 0.2) is 0 Å². The summed E-state index contributed by atoms with van der Waals surface area (Å²) in [6, 6.07) is 0. The first-order valence-corrected chi connectivity index (χ1v) is 4.04. The van der Waals surface area contributed by atoms with Crippen molar-refractivity contribution in [3.05, 3.63) is 12.2 Å². The van der Waals surface area contributed by atoms with Crippen molar-refractivity contribution < 1.29 is 4.79 Å². The minimum absolute atomic E-state index is 0.351. The first kappa shape index (κ1) is 6.14. The zero-order valence-corrected chi connectivity index (χ0v) is 5.99. The number of hydrogen-bond acceptors (Lipinski definition) is 1. The third kappa shape index (κ3) is 0.808. The van der Waals surface area contributed by atoms with Crippen molar-refractivity contribution >= 4 is 6.29 Å². The van der Waals surface area contributed by atoms with E-state index < -0.39 is 0 Å². The van der Waals surface area contributed by atoms with Gasteiger partial charge in [0.2, 0.25) is 0 Å². The van der Waals surface area contributed by atoms with Gasteiger partial charge in [-0.25, -0.2) is 0 Å². The lowest BCUT2D eigenvalue weighted by atomic mass is 9.70. The standard InChI is InChI=1S/C9H12O/c10-6-9-5-7-1-3-8(9)4-2-7/h1,3,6-9H,2,4-5H2/t7?,8?,9-/m1/s1. The first-order valence-electron chi connectivity index (χ1n) is 4.04. The Morgan fingerprint density at radius 1 is 1.30 bits per heavy atom. The van der Waals surface area contributed by atoms with Gasteiger partial charge in [-0.1, -0.05) is 12.2 Å². The summed E-state index contributed by atoms with van der Waals surface area (Å²) in [6.07, 6.45) is 9.33. The second-order valence-corrected chi connectivity index (χ2v) is 3.42. The van der Waals surface area contributed by atoms with Gasteiger partial charge >= 0.3 is 0 Å². The Balaban J connectivity index is 2.18. The molecule has 1 fully saturated rings. The van der Waals surface area contributed by atoms with Crippen LogP contribution in [0.4, 0.5) is 0 Å². The molecule has 0 aromatic carbocycles. The molecule has 2 bridgehead atoms. The Bertz CT molecular complexity index is 172. The average molecular weight is 136 g/mol. The fourth-order valence-corrected chi connectivity index (χ4v) is 2.13.